The summed E-state index contributed by atoms with van der Waals surface area (Å²) >= 11 is 3.58. The summed E-state index contributed by atoms with van der Waals surface area (Å²) in [6.45, 7) is 4.33. The molecule has 0 saturated heterocycles. The van der Waals surface area contributed by atoms with E-state index in [9.17, 15) is 4.79 Å². The molecule has 35 heavy (non-hydrogen) atoms. The van der Waals surface area contributed by atoms with E-state index in [4.69, 9.17) is 0 Å². The number of unbranched alkanes of at least 4 members (excludes halogenated alkanes) is 6. The van der Waals surface area contributed by atoms with Gasteiger partial charge in [-0.2, -0.15) is 8.75 Å². The Hall–Kier alpha value is -2.03. The van der Waals surface area contributed by atoms with Gasteiger partial charge in [0.2, 0.25) is 0 Å². The van der Waals surface area contributed by atoms with Crippen molar-refractivity contribution in [3.8, 4) is 20.9 Å². The molecule has 4 aromatic rings. The number of thiophene rings is 2. The molecule has 4 rings (SSSR count). The van der Waals surface area contributed by atoms with Gasteiger partial charge in [-0.25, -0.2) is 8.78 Å². The molecular weight excluding hydrogens is 503 g/mol. The summed E-state index contributed by atoms with van der Waals surface area (Å²) in [4.78, 5) is 13.5. The largest absolute Gasteiger partial charge is 0.297 e. The van der Waals surface area contributed by atoms with Crippen LogP contribution in [-0.2, 0) is 12.8 Å². The van der Waals surface area contributed by atoms with Gasteiger partial charge in [0.1, 0.15) is 11.0 Å². The van der Waals surface area contributed by atoms with Gasteiger partial charge in [0, 0.05) is 9.75 Å². The zero-order chi connectivity index (χ0) is 24.8. The third-order valence-corrected chi connectivity index (χ3v) is 8.95. The van der Waals surface area contributed by atoms with Gasteiger partial charge in [-0.15, -0.1) is 22.7 Å². The van der Waals surface area contributed by atoms with Crippen molar-refractivity contribution in [3.05, 3.63) is 45.2 Å². The highest BCUT2D eigenvalue weighted by Crippen LogP contribution is 2.43. The minimum Gasteiger partial charge on any atom is -0.297 e. The van der Waals surface area contributed by atoms with Crippen LogP contribution in [0.2, 0.25) is 0 Å². The number of carbonyl (C=O) groups is 1. The molecule has 0 unspecified atom stereocenters. The van der Waals surface area contributed by atoms with E-state index >= 15 is 8.78 Å². The van der Waals surface area contributed by atoms with E-state index in [1.807, 2.05) is 17.5 Å². The molecule has 3 nitrogen and oxygen atoms in total. The molecule has 0 amide bonds. The Morgan fingerprint density at radius 2 is 1.46 bits per heavy atom. The molecule has 0 aliphatic carbocycles. The van der Waals surface area contributed by atoms with Gasteiger partial charge in [-0.1, -0.05) is 52.4 Å². The topological polar surface area (TPSA) is 42.9 Å². The third kappa shape index (κ3) is 5.70. The zero-order valence-corrected chi connectivity index (χ0v) is 22.6. The highest BCUT2D eigenvalue weighted by Gasteiger charge is 2.27. The molecule has 0 bridgehead atoms. The lowest BCUT2D eigenvalue weighted by atomic mass is 10.0. The molecule has 0 atom stereocenters. The molecule has 186 valence electrons. The van der Waals surface area contributed by atoms with Crippen LogP contribution in [0.15, 0.2) is 17.5 Å². The maximum Gasteiger partial charge on any atom is 0.170 e. The van der Waals surface area contributed by atoms with Gasteiger partial charge in [0.15, 0.2) is 17.9 Å². The number of carbonyl (C=O) groups excluding carboxylic acids is 1. The van der Waals surface area contributed by atoms with Crippen molar-refractivity contribution in [3.63, 3.8) is 0 Å². The lowest BCUT2D eigenvalue weighted by Gasteiger charge is -2.08. The molecule has 0 radical (unpaired) electrons. The van der Waals surface area contributed by atoms with Crippen molar-refractivity contribution >= 4 is 51.7 Å². The molecule has 0 saturated carbocycles. The first-order valence-corrected chi connectivity index (χ1v) is 14.8. The number of hydrogen-bond donors (Lipinski definition) is 0. The first-order valence-electron chi connectivity index (χ1n) is 12.4. The van der Waals surface area contributed by atoms with Crippen LogP contribution in [-0.4, -0.2) is 15.0 Å². The molecule has 0 N–H and O–H groups in total. The Kier molecular flexibility index (Phi) is 9.14. The van der Waals surface area contributed by atoms with Gasteiger partial charge >= 0.3 is 0 Å². The molecule has 0 aliphatic rings. The summed E-state index contributed by atoms with van der Waals surface area (Å²) in [7, 11) is 0. The third-order valence-electron chi connectivity index (χ3n) is 6.31. The molecule has 0 fully saturated rings. The van der Waals surface area contributed by atoms with Crippen LogP contribution >= 0.6 is 34.4 Å². The second-order valence-corrected chi connectivity index (χ2v) is 11.4. The quantitative estimate of drug-likeness (QED) is 0.127. The van der Waals surface area contributed by atoms with Crippen molar-refractivity contribution in [2.45, 2.75) is 78.1 Å². The van der Waals surface area contributed by atoms with Crippen LogP contribution in [0.3, 0.4) is 0 Å². The maximum absolute atomic E-state index is 15.6. The second kappa shape index (κ2) is 12.3. The SMILES string of the molecule is CCCCCCc1csc(-c2c(F)c(F)c(-c3cc(CCCCCC)c(C=O)s3)c3nsnc23)c1. The summed E-state index contributed by atoms with van der Waals surface area (Å²) in [5.41, 5.74) is 3.07. The Morgan fingerprint density at radius 3 is 2.09 bits per heavy atom. The van der Waals surface area contributed by atoms with Gasteiger partial charge < -0.3 is 0 Å². The number of aromatic nitrogens is 2. The van der Waals surface area contributed by atoms with Crippen LogP contribution < -0.4 is 0 Å². The van der Waals surface area contributed by atoms with Crippen molar-refractivity contribution in [1.82, 2.24) is 8.75 Å². The average Bonchev–Trinajstić information content (AvgIpc) is 3.61. The average molecular weight is 533 g/mol. The first kappa shape index (κ1) is 26.0. The summed E-state index contributed by atoms with van der Waals surface area (Å²) in [6.07, 6.45) is 11.5. The number of aryl methyl sites for hydroxylation is 2. The fraction of sp³-hybridized carbons (Fsp3) is 0.444. The van der Waals surface area contributed by atoms with Crippen LogP contribution in [0.25, 0.3) is 31.9 Å². The smallest absolute Gasteiger partial charge is 0.170 e. The highest BCUT2D eigenvalue weighted by atomic mass is 32.1. The van der Waals surface area contributed by atoms with Crippen LogP contribution in [0.5, 0.6) is 0 Å². The fourth-order valence-corrected chi connectivity index (χ4v) is 7.00. The molecule has 0 aliphatic heterocycles. The standard InChI is InChI=1S/C27H30F2N2OS3/c1-3-5-7-9-11-17-13-19(33-16-17)22-24(28)25(29)23(27-26(22)30-35-31-27)20-14-18(21(15-32)34-20)12-10-8-6-4-2/h13-16H,3-12H2,1-2H3. The molecule has 3 heterocycles. The lowest BCUT2D eigenvalue weighted by Crippen LogP contribution is -1.95. The molecule has 0 spiro atoms. The summed E-state index contributed by atoms with van der Waals surface area (Å²) < 4.78 is 39.9. The molecule has 3 aromatic heterocycles. The monoisotopic (exact) mass is 532 g/mol. The molecule has 1 aromatic carbocycles. The van der Waals surface area contributed by atoms with E-state index in [1.165, 1.54) is 41.9 Å². The summed E-state index contributed by atoms with van der Waals surface area (Å²) in [5.74, 6) is -1.82. The molecule has 8 heteroatoms. The lowest BCUT2D eigenvalue weighted by molar-refractivity contribution is 0.112. The van der Waals surface area contributed by atoms with Crippen LogP contribution in [0, 0.1) is 11.6 Å². The Bertz CT molecular complexity index is 1290. The summed E-state index contributed by atoms with van der Waals surface area (Å²) in [5, 5.41) is 2.03. The van der Waals surface area contributed by atoms with Crippen molar-refractivity contribution < 1.29 is 13.6 Å². The fourth-order valence-electron chi connectivity index (χ4n) is 4.39. The van der Waals surface area contributed by atoms with Gasteiger partial charge in [0.25, 0.3) is 0 Å². The number of hydrogen-bond acceptors (Lipinski definition) is 6. The van der Waals surface area contributed by atoms with E-state index in [0.717, 1.165) is 74.1 Å². The number of halogens is 2. The van der Waals surface area contributed by atoms with Gasteiger partial charge in [0.05, 0.1) is 27.7 Å². The minimum absolute atomic E-state index is 0.110. The minimum atomic E-state index is -0.922. The van der Waals surface area contributed by atoms with Crippen molar-refractivity contribution in [1.29, 1.82) is 0 Å². The Balaban J connectivity index is 1.69. The molecular formula is C27H30F2N2OS3. The second-order valence-electron chi connectivity index (χ2n) is 8.90. The first-order chi connectivity index (χ1) is 17.1. The Labute approximate surface area is 217 Å². The van der Waals surface area contributed by atoms with Gasteiger partial charge in [-0.3, -0.25) is 4.79 Å². The van der Waals surface area contributed by atoms with E-state index < -0.39 is 11.6 Å². The van der Waals surface area contributed by atoms with Crippen molar-refractivity contribution in [2.24, 2.45) is 0 Å². The zero-order valence-electron chi connectivity index (χ0n) is 20.2. The van der Waals surface area contributed by atoms with E-state index in [-0.39, 0.29) is 11.1 Å². The van der Waals surface area contributed by atoms with E-state index in [2.05, 4.69) is 22.6 Å². The maximum atomic E-state index is 15.6. The predicted molar refractivity (Wildman–Crippen MR) is 145 cm³/mol. The number of benzene rings is 1. The highest BCUT2D eigenvalue weighted by molar-refractivity contribution is 7.17. The van der Waals surface area contributed by atoms with E-state index in [1.54, 1.807) is 0 Å². The number of rotatable bonds is 13. The number of nitrogens with zero attached hydrogens (tertiary/aromatic N) is 2. The van der Waals surface area contributed by atoms with Crippen LogP contribution in [0.1, 0.15) is 86.0 Å². The summed E-state index contributed by atoms with van der Waals surface area (Å²) in [6, 6.07) is 3.78. The predicted octanol–water partition coefficient (Wildman–Crippen LogP) is 9.48. The number of fused-ring (bicyclic) bond motifs is 1. The van der Waals surface area contributed by atoms with Gasteiger partial charge in [-0.05, 0) is 54.3 Å². The van der Waals surface area contributed by atoms with Crippen LogP contribution in [0.4, 0.5) is 8.78 Å². The Morgan fingerprint density at radius 1 is 0.829 bits per heavy atom. The normalized spacial score (nSPS) is 11.5. The van der Waals surface area contributed by atoms with E-state index in [0.29, 0.717) is 25.7 Å². The number of aldehydes is 1. The van der Waals surface area contributed by atoms with Crippen molar-refractivity contribution in [2.75, 3.05) is 0 Å².